The minimum atomic E-state index is -0.896. The van der Waals surface area contributed by atoms with E-state index in [-0.39, 0.29) is 0 Å². The van der Waals surface area contributed by atoms with E-state index < -0.39 is 37.0 Å². The van der Waals surface area contributed by atoms with E-state index >= 15 is 0 Å². The molecule has 6 heteroatoms. The van der Waals surface area contributed by atoms with Crippen molar-refractivity contribution in [2.24, 2.45) is 0 Å². The van der Waals surface area contributed by atoms with Crippen LogP contribution in [0.15, 0.2) is 60.7 Å². The molecule has 0 radical (unpaired) electrons. The fraction of sp³-hybridized carbons (Fsp3) is 0.429. The summed E-state index contributed by atoms with van der Waals surface area (Å²) in [6, 6.07) is 19.4. The minimum Gasteiger partial charge on any atom is -0.387 e. The standard InChI is InChI=1S/C21H24O6/c1-23-21-19(24-12-14-8-4-2-5-9-14)17(22)18-16(26-21)13-25-20(27-18)15-10-6-3-7-11-15/h2-11,16-22H,12-13H2,1H3/t16-,17+,18+,19-,20?,21+/m1/s1. The molecule has 6 atom stereocenters. The fourth-order valence-electron chi connectivity index (χ4n) is 3.48. The normalized spacial score (nSPS) is 33.4. The average Bonchev–Trinajstić information content (AvgIpc) is 2.74. The van der Waals surface area contributed by atoms with Crippen molar-refractivity contribution in [3.8, 4) is 0 Å². The highest BCUT2D eigenvalue weighted by molar-refractivity contribution is 5.17. The zero-order valence-electron chi connectivity index (χ0n) is 15.1. The number of rotatable bonds is 5. The van der Waals surface area contributed by atoms with Gasteiger partial charge in [0.2, 0.25) is 0 Å². The Morgan fingerprint density at radius 1 is 1.00 bits per heavy atom. The van der Waals surface area contributed by atoms with Gasteiger partial charge in [-0.05, 0) is 5.56 Å². The van der Waals surface area contributed by atoms with Crippen LogP contribution in [0.5, 0.6) is 0 Å². The molecule has 2 fully saturated rings. The van der Waals surface area contributed by atoms with Crippen molar-refractivity contribution in [2.75, 3.05) is 13.7 Å². The summed E-state index contributed by atoms with van der Waals surface area (Å²) in [6.07, 6.45) is -3.76. The number of aliphatic hydroxyl groups is 1. The van der Waals surface area contributed by atoms with Gasteiger partial charge in [0, 0.05) is 12.7 Å². The van der Waals surface area contributed by atoms with Gasteiger partial charge in [-0.3, -0.25) is 0 Å². The number of hydrogen-bond donors (Lipinski definition) is 1. The summed E-state index contributed by atoms with van der Waals surface area (Å²) in [7, 11) is 1.54. The predicted molar refractivity (Wildman–Crippen MR) is 96.7 cm³/mol. The minimum absolute atomic E-state index is 0.312. The van der Waals surface area contributed by atoms with Crippen LogP contribution < -0.4 is 0 Å². The number of aliphatic hydroxyl groups excluding tert-OH is 1. The van der Waals surface area contributed by atoms with Gasteiger partial charge < -0.3 is 28.8 Å². The molecule has 144 valence electrons. The highest BCUT2D eigenvalue weighted by Crippen LogP contribution is 2.35. The molecule has 2 aromatic carbocycles. The number of methoxy groups -OCH3 is 1. The summed E-state index contributed by atoms with van der Waals surface area (Å²) in [4.78, 5) is 0. The largest absolute Gasteiger partial charge is 0.387 e. The lowest BCUT2D eigenvalue weighted by atomic mass is 9.97. The Morgan fingerprint density at radius 2 is 1.70 bits per heavy atom. The molecule has 1 unspecified atom stereocenters. The van der Waals surface area contributed by atoms with E-state index in [2.05, 4.69) is 0 Å². The van der Waals surface area contributed by atoms with Gasteiger partial charge in [0.25, 0.3) is 0 Å². The van der Waals surface area contributed by atoms with Crippen molar-refractivity contribution < 1.29 is 28.8 Å². The summed E-state index contributed by atoms with van der Waals surface area (Å²) >= 11 is 0. The molecule has 2 aliphatic heterocycles. The Bertz CT molecular complexity index is 703. The number of benzene rings is 2. The SMILES string of the molecule is CO[C@H]1O[C@@H]2COC(c3ccccc3)O[C@@H]2[C@H](O)[C@H]1OCc1ccccc1. The zero-order valence-corrected chi connectivity index (χ0v) is 15.1. The Balaban J connectivity index is 1.46. The zero-order chi connectivity index (χ0) is 18.6. The molecule has 0 aliphatic carbocycles. The van der Waals surface area contributed by atoms with Gasteiger partial charge in [-0.1, -0.05) is 60.7 Å². The van der Waals surface area contributed by atoms with E-state index in [0.717, 1.165) is 11.1 Å². The second kappa shape index (κ2) is 8.48. The number of hydrogen-bond acceptors (Lipinski definition) is 6. The molecule has 2 aromatic rings. The number of ether oxygens (including phenoxy) is 5. The van der Waals surface area contributed by atoms with Crippen LogP contribution in [-0.2, 0) is 30.3 Å². The van der Waals surface area contributed by atoms with Crippen LogP contribution in [0, 0.1) is 0 Å². The first-order valence-electron chi connectivity index (χ1n) is 9.10. The predicted octanol–water partition coefficient (Wildman–Crippen LogP) is 2.42. The van der Waals surface area contributed by atoms with Gasteiger partial charge in [0.05, 0.1) is 13.2 Å². The van der Waals surface area contributed by atoms with E-state index in [0.29, 0.717) is 13.2 Å². The van der Waals surface area contributed by atoms with Crippen LogP contribution in [0.2, 0.25) is 0 Å². The third-order valence-electron chi connectivity index (χ3n) is 4.90. The average molecular weight is 372 g/mol. The highest BCUT2D eigenvalue weighted by Gasteiger charge is 2.50. The smallest absolute Gasteiger partial charge is 0.186 e. The van der Waals surface area contributed by atoms with Crippen molar-refractivity contribution in [3.05, 3.63) is 71.8 Å². The molecular weight excluding hydrogens is 348 g/mol. The first-order chi connectivity index (χ1) is 13.3. The summed E-state index contributed by atoms with van der Waals surface area (Å²) in [6.45, 7) is 0.661. The van der Waals surface area contributed by atoms with Crippen LogP contribution in [0.4, 0.5) is 0 Å². The third-order valence-corrected chi connectivity index (χ3v) is 4.90. The molecule has 2 heterocycles. The summed E-state index contributed by atoms with van der Waals surface area (Å²) < 4.78 is 29.1. The van der Waals surface area contributed by atoms with E-state index in [1.165, 1.54) is 7.11 Å². The van der Waals surface area contributed by atoms with Gasteiger partial charge >= 0.3 is 0 Å². The van der Waals surface area contributed by atoms with Gasteiger partial charge in [-0.2, -0.15) is 0 Å². The Labute approximate surface area is 158 Å². The summed E-state index contributed by atoms with van der Waals surface area (Å²) in [5, 5.41) is 10.9. The maximum absolute atomic E-state index is 10.9. The van der Waals surface area contributed by atoms with Gasteiger partial charge in [-0.25, -0.2) is 0 Å². The quantitative estimate of drug-likeness (QED) is 0.870. The van der Waals surface area contributed by atoms with Gasteiger partial charge in [0.1, 0.15) is 24.4 Å². The third kappa shape index (κ3) is 4.06. The van der Waals surface area contributed by atoms with E-state index in [1.54, 1.807) is 0 Å². The molecular formula is C21H24O6. The van der Waals surface area contributed by atoms with Crippen molar-refractivity contribution in [1.82, 2.24) is 0 Å². The molecule has 0 bridgehead atoms. The monoisotopic (exact) mass is 372 g/mol. The van der Waals surface area contributed by atoms with Gasteiger partial charge in [-0.15, -0.1) is 0 Å². The molecule has 0 spiro atoms. The van der Waals surface area contributed by atoms with Crippen LogP contribution in [0.25, 0.3) is 0 Å². The summed E-state index contributed by atoms with van der Waals surface area (Å²) in [5.74, 6) is 0. The maximum Gasteiger partial charge on any atom is 0.186 e. The van der Waals surface area contributed by atoms with Crippen molar-refractivity contribution in [2.45, 2.75) is 43.6 Å². The molecule has 0 amide bonds. The topological polar surface area (TPSA) is 66.4 Å². The highest BCUT2D eigenvalue weighted by atomic mass is 16.8. The first-order valence-corrected chi connectivity index (χ1v) is 9.10. The van der Waals surface area contributed by atoms with Crippen molar-refractivity contribution in [1.29, 1.82) is 0 Å². The van der Waals surface area contributed by atoms with Crippen LogP contribution >= 0.6 is 0 Å². The fourth-order valence-corrected chi connectivity index (χ4v) is 3.48. The Morgan fingerprint density at radius 3 is 2.41 bits per heavy atom. The maximum atomic E-state index is 10.9. The number of fused-ring (bicyclic) bond motifs is 1. The van der Waals surface area contributed by atoms with E-state index in [1.807, 2.05) is 60.7 Å². The van der Waals surface area contributed by atoms with Crippen LogP contribution in [0.1, 0.15) is 17.4 Å². The first kappa shape index (κ1) is 18.6. The molecule has 2 saturated heterocycles. The lowest BCUT2D eigenvalue weighted by Crippen LogP contribution is -2.62. The molecule has 1 N–H and O–H groups in total. The van der Waals surface area contributed by atoms with E-state index in [4.69, 9.17) is 23.7 Å². The van der Waals surface area contributed by atoms with Crippen molar-refractivity contribution >= 4 is 0 Å². The van der Waals surface area contributed by atoms with Crippen LogP contribution in [0.3, 0.4) is 0 Å². The van der Waals surface area contributed by atoms with Crippen LogP contribution in [-0.4, -0.2) is 49.5 Å². The molecule has 4 rings (SSSR count). The Hall–Kier alpha value is -1.80. The summed E-state index contributed by atoms with van der Waals surface area (Å²) in [5.41, 5.74) is 1.91. The second-order valence-corrected chi connectivity index (χ2v) is 6.71. The Kier molecular flexibility index (Phi) is 5.83. The lowest BCUT2D eigenvalue weighted by molar-refractivity contribution is -0.363. The molecule has 2 aliphatic rings. The molecule has 0 aromatic heterocycles. The van der Waals surface area contributed by atoms with E-state index in [9.17, 15) is 5.11 Å². The molecule has 0 saturated carbocycles. The molecule has 27 heavy (non-hydrogen) atoms. The second-order valence-electron chi connectivity index (χ2n) is 6.71. The van der Waals surface area contributed by atoms with Crippen molar-refractivity contribution in [3.63, 3.8) is 0 Å². The van der Waals surface area contributed by atoms with Gasteiger partial charge in [0.15, 0.2) is 12.6 Å². The molecule has 6 nitrogen and oxygen atoms in total. The lowest BCUT2D eigenvalue weighted by Gasteiger charge is -2.47.